The summed E-state index contributed by atoms with van der Waals surface area (Å²) in [5.74, 6) is 0.523. The smallest absolute Gasteiger partial charge is 0.0931 e. The van der Waals surface area contributed by atoms with E-state index in [9.17, 15) is 0 Å². The van der Waals surface area contributed by atoms with Crippen molar-refractivity contribution in [1.82, 2.24) is 4.90 Å². The van der Waals surface area contributed by atoms with E-state index >= 15 is 0 Å². The molecule has 0 aliphatic heterocycles. The Morgan fingerprint density at radius 1 is 1.57 bits per heavy atom. The molecule has 0 spiro atoms. The van der Waals surface area contributed by atoms with E-state index in [1.165, 1.54) is 4.88 Å². The van der Waals surface area contributed by atoms with E-state index in [1.807, 2.05) is 19.2 Å². The number of thiophene rings is 1. The van der Waals surface area contributed by atoms with Gasteiger partial charge in [0.25, 0.3) is 0 Å². The Bertz CT molecular complexity index is 309. The van der Waals surface area contributed by atoms with E-state index in [0.717, 1.165) is 23.0 Å². The van der Waals surface area contributed by atoms with Crippen molar-refractivity contribution >= 4 is 34.5 Å². The molecule has 0 saturated heterocycles. The second-order valence-electron chi connectivity index (χ2n) is 3.26. The van der Waals surface area contributed by atoms with Gasteiger partial charge in [0.05, 0.1) is 4.34 Å². The van der Waals surface area contributed by atoms with E-state index in [0.29, 0.717) is 5.88 Å². The number of hydrogen-bond acceptors (Lipinski definition) is 2. The van der Waals surface area contributed by atoms with Crippen molar-refractivity contribution in [3.8, 4) is 0 Å². The Morgan fingerprint density at radius 3 is 2.79 bits per heavy atom. The molecule has 0 atom stereocenters. The summed E-state index contributed by atoms with van der Waals surface area (Å²) in [5, 5.41) is 0. The molecule has 1 heterocycles. The van der Waals surface area contributed by atoms with Crippen LogP contribution in [0.3, 0.4) is 0 Å². The number of rotatable bonds is 5. The highest BCUT2D eigenvalue weighted by molar-refractivity contribution is 7.16. The van der Waals surface area contributed by atoms with Crippen LogP contribution in [-0.2, 0) is 6.54 Å². The monoisotopic (exact) mass is 249 g/mol. The minimum absolute atomic E-state index is 0.523. The average Bonchev–Trinajstić information content (AvgIpc) is 2.50. The molecule has 14 heavy (non-hydrogen) atoms. The summed E-state index contributed by atoms with van der Waals surface area (Å²) >= 11 is 13.1. The van der Waals surface area contributed by atoms with Crippen LogP contribution in [0.5, 0.6) is 0 Å². The van der Waals surface area contributed by atoms with Gasteiger partial charge < -0.3 is 0 Å². The summed E-state index contributed by atoms with van der Waals surface area (Å²) < 4.78 is 0.838. The van der Waals surface area contributed by atoms with Gasteiger partial charge in [-0.1, -0.05) is 18.2 Å². The molecule has 0 saturated carbocycles. The molecule has 0 bridgehead atoms. The molecule has 0 radical (unpaired) electrons. The van der Waals surface area contributed by atoms with E-state index in [1.54, 1.807) is 11.3 Å². The van der Waals surface area contributed by atoms with Crippen molar-refractivity contribution in [3.63, 3.8) is 0 Å². The zero-order chi connectivity index (χ0) is 10.6. The largest absolute Gasteiger partial charge is 0.297 e. The normalized spacial score (nSPS) is 10.9. The van der Waals surface area contributed by atoms with Gasteiger partial charge in [0.15, 0.2) is 0 Å². The zero-order valence-corrected chi connectivity index (χ0v) is 10.4. The standard InChI is InChI=1S/C10H13Cl2NS/c1-8(5-11)6-13(2)7-9-3-4-10(12)14-9/h3-4H,1,5-7H2,2H3. The van der Waals surface area contributed by atoms with Crippen LogP contribution in [0.1, 0.15) is 4.88 Å². The average molecular weight is 250 g/mol. The van der Waals surface area contributed by atoms with Crippen LogP contribution in [0.4, 0.5) is 0 Å². The van der Waals surface area contributed by atoms with Gasteiger partial charge in [-0.25, -0.2) is 0 Å². The van der Waals surface area contributed by atoms with E-state index < -0.39 is 0 Å². The Kier molecular flexibility index (Phi) is 4.96. The first-order valence-electron chi connectivity index (χ1n) is 4.27. The first-order valence-corrected chi connectivity index (χ1v) is 6.00. The summed E-state index contributed by atoms with van der Waals surface area (Å²) in [6.45, 7) is 5.59. The van der Waals surface area contributed by atoms with Gasteiger partial charge in [-0.2, -0.15) is 0 Å². The first kappa shape index (κ1) is 12.1. The van der Waals surface area contributed by atoms with E-state index in [4.69, 9.17) is 23.2 Å². The third-order valence-corrected chi connectivity index (χ3v) is 3.33. The molecule has 0 aliphatic carbocycles. The quantitative estimate of drug-likeness (QED) is 0.569. The Hall–Kier alpha value is -0.0200. The summed E-state index contributed by atoms with van der Waals surface area (Å²) in [5.41, 5.74) is 1.04. The number of alkyl halides is 1. The van der Waals surface area contributed by atoms with Crippen LogP contribution >= 0.6 is 34.5 Å². The maximum atomic E-state index is 5.84. The molecule has 0 unspecified atom stereocenters. The zero-order valence-electron chi connectivity index (χ0n) is 8.09. The van der Waals surface area contributed by atoms with Crippen LogP contribution in [0, 0.1) is 0 Å². The number of likely N-dealkylation sites (N-methyl/N-ethyl adjacent to an activating group) is 1. The fourth-order valence-corrected chi connectivity index (χ4v) is 2.44. The highest BCUT2D eigenvalue weighted by Gasteiger charge is 2.04. The maximum Gasteiger partial charge on any atom is 0.0931 e. The predicted molar refractivity (Wildman–Crippen MR) is 65.5 cm³/mol. The molecule has 1 aromatic heterocycles. The van der Waals surface area contributed by atoms with Crippen LogP contribution in [0.25, 0.3) is 0 Å². The molecular weight excluding hydrogens is 237 g/mol. The summed E-state index contributed by atoms with van der Waals surface area (Å²) in [4.78, 5) is 3.44. The Balaban J connectivity index is 2.41. The lowest BCUT2D eigenvalue weighted by Crippen LogP contribution is -2.20. The fourth-order valence-electron chi connectivity index (χ4n) is 1.18. The summed E-state index contributed by atoms with van der Waals surface area (Å²) in [6, 6.07) is 3.97. The van der Waals surface area contributed by atoms with Gasteiger partial charge in [-0.3, -0.25) is 4.90 Å². The molecule has 1 aromatic rings. The lowest BCUT2D eigenvalue weighted by atomic mass is 10.3. The van der Waals surface area contributed by atoms with E-state index in [2.05, 4.69) is 11.5 Å². The lowest BCUT2D eigenvalue weighted by molar-refractivity contribution is 0.359. The van der Waals surface area contributed by atoms with Crippen molar-refractivity contribution in [3.05, 3.63) is 33.5 Å². The highest BCUT2D eigenvalue weighted by atomic mass is 35.5. The van der Waals surface area contributed by atoms with Crippen LogP contribution in [0.2, 0.25) is 4.34 Å². The van der Waals surface area contributed by atoms with Crippen LogP contribution < -0.4 is 0 Å². The van der Waals surface area contributed by atoms with Gasteiger partial charge >= 0.3 is 0 Å². The SMILES string of the molecule is C=C(CCl)CN(C)Cc1ccc(Cl)s1. The van der Waals surface area contributed by atoms with Crippen LogP contribution in [-0.4, -0.2) is 24.4 Å². The topological polar surface area (TPSA) is 3.24 Å². The molecule has 4 heteroatoms. The molecule has 0 amide bonds. The lowest BCUT2D eigenvalue weighted by Gasteiger charge is -2.15. The van der Waals surface area contributed by atoms with Crippen molar-refractivity contribution in [2.75, 3.05) is 19.5 Å². The molecule has 0 fully saturated rings. The van der Waals surface area contributed by atoms with Crippen molar-refractivity contribution < 1.29 is 0 Å². The van der Waals surface area contributed by atoms with Gasteiger partial charge in [0.1, 0.15) is 0 Å². The summed E-state index contributed by atoms with van der Waals surface area (Å²) in [6.07, 6.45) is 0. The Labute approximate surface area is 98.9 Å². The second kappa shape index (κ2) is 5.76. The number of nitrogens with zero attached hydrogens (tertiary/aromatic N) is 1. The molecule has 1 nitrogen and oxygen atoms in total. The molecule has 0 aliphatic rings. The Morgan fingerprint density at radius 2 is 2.29 bits per heavy atom. The summed E-state index contributed by atoms with van der Waals surface area (Å²) in [7, 11) is 2.05. The van der Waals surface area contributed by atoms with Gasteiger partial charge in [-0.15, -0.1) is 22.9 Å². The van der Waals surface area contributed by atoms with E-state index in [-0.39, 0.29) is 0 Å². The predicted octanol–water partition coefficient (Wildman–Crippen LogP) is 3.63. The second-order valence-corrected chi connectivity index (χ2v) is 5.33. The molecule has 0 N–H and O–H groups in total. The van der Waals surface area contributed by atoms with Gasteiger partial charge in [-0.05, 0) is 24.8 Å². The molecule has 0 aromatic carbocycles. The molecule has 1 rings (SSSR count). The minimum atomic E-state index is 0.523. The number of halogens is 2. The van der Waals surface area contributed by atoms with Crippen molar-refractivity contribution in [1.29, 1.82) is 0 Å². The van der Waals surface area contributed by atoms with Gasteiger partial charge in [0, 0.05) is 23.8 Å². The molecule has 78 valence electrons. The fraction of sp³-hybridized carbons (Fsp3) is 0.400. The highest BCUT2D eigenvalue weighted by Crippen LogP contribution is 2.22. The molecular formula is C10H13Cl2NS. The van der Waals surface area contributed by atoms with Crippen molar-refractivity contribution in [2.45, 2.75) is 6.54 Å². The number of hydrogen-bond donors (Lipinski definition) is 0. The third kappa shape index (κ3) is 4.01. The van der Waals surface area contributed by atoms with Crippen molar-refractivity contribution in [2.24, 2.45) is 0 Å². The minimum Gasteiger partial charge on any atom is -0.297 e. The maximum absolute atomic E-state index is 5.84. The first-order chi connectivity index (χ1) is 6.61. The third-order valence-electron chi connectivity index (χ3n) is 1.74. The van der Waals surface area contributed by atoms with Gasteiger partial charge in [0.2, 0.25) is 0 Å². The van der Waals surface area contributed by atoms with Crippen LogP contribution in [0.15, 0.2) is 24.3 Å².